The van der Waals surface area contributed by atoms with Gasteiger partial charge >= 0.3 is 6.03 Å². The highest BCUT2D eigenvalue weighted by Gasteiger charge is 2.37. The smallest absolute Gasteiger partial charge is 0.330 e. The summed E-state index contributed by atoms with van der Waals surface area (Å²) in [5.74, 6) is -0.774. The predicted molar refractivity (Wildman–Crippen MR) is 138 cm³/mol. The Morgan fingerprint density at radius 1 is 1.27 bits per heavy atom. The number of aromatic nitrogens is 2. The van der Waals surface area contributed by atoms with E-state index in [1.165, 1.54) is 12.3 Å². The van der Waals surface area contributed by atoms with Crippen LogP contribution in [0.15, 0.2) is 49.2 Å². The second-order valence-electron chi connectivity index (χ2n) is 7.97. The SMILES string of the molecule is C=CC(=O)Nc1ccccc1Nc1ncc2c(n1)N(CC(F)F)C(=O)N(c1c(Cl)c(C)cc(O)c1Cl)C2. The number of hydrogen-bond donors (Lipinski definition) is 3. The third-order valence-corrected chi connectivity index (χ3v) is 6.28. The van der Waals surface area contributed by atoms with Gasteiger partial charge in [0.25, 0.3) is 6.43 Å². The monoisotopic (exact) mass is 548 g/mol. The number of hydrogen-bond acceptors (Lipinski definition) is 6. The van der Waals surface area contributed by atoms with Crippen LogP contribution in [0, 0.1) is 6.92 Å². The highest BCUT2D eigenvalue weighted by atomic mass is 35.5. The third-order valence-electron chi connectivity index (χ3n) is 5.44. The molecular formula is C24H20Cl2F2N6O3. The minimum absolute atomic E-state index is 0.00355. The number of halogens is 4. The molecule has 1 aromatic heterocycles. The van der Waals surface area contributed by atoms with Gasteiger partial charge in [-0.15, -0.1) is 0 Å². The van der Waals surface area contributed by atoms with E-state index in [-0.39, 0.29) is 39.8 Å². The zero-order valence-corrected chi connectivity index (χ0v) is 20.8. The van der Waals surface area contributed by atoms with Gasteiger partial charge < -0.3 is 15.7 Å². The number of alkyl halides is 2. The fraction of sp³-hybridized carbons (Fsp3) is 0.167. The second kappa shape index (κ2) is 10.6. The lowest BCUT2D eigenvalue weighted by Crippen LogP contribution is -2.50. The summed E-state index contributed by atoms with van der Waals surface area (Å²) in [5, 5.41) is 15.6. The number of aryl methyl sites for hydroxylation is 1. The van der Waals surface area contributed by atoms with Gasteiger partial charge in [-0.2, -0.15) is 4.98 Å². The lowest BCUT2D eigenvalue weighted by atomic mass is 10.1. The standard InChI is InChI=1S/C24H20Cl2F2N6O3/c1-3-18(36)30-14-6-4-5-7-15(14)31-23-29-9-13-10-33(21-19(25)12(2)8-16(35)20(21)26)24(37)34(11-17(27)28)22(13)32-23/h3-9,17,35H,1,10-11H2,2H3,(H,30,36)(H,29,31,32). The Bertz CT molecular complexity index is 1380. The van der Waals surface area contributed by atoms with Crippen LogP contribution in [0.5, 0.6) is 5.75 Å². The van der Waals surface area contributed by atoms with E-state index >= 15 is 0 Å². The van der Waals surface area contributed by atoms with Crippen molar-refractivity contribution in [3.63, 3.8) is 0 Å². The largest absolute Gasteiger partial charge is 0.506 e. The fourth-order valence-electron chi connectivity index (χ4n) is 3.73. The van der Waals surface area contributed by atoms with Gasteiger partial charge in [0.2, 0.25) is 11.9 Å². The number of nitrogens with one attached hydrogen (secondary N) is 2. The number of nitrogens with zero attached hydrogens (tertiary/aromatic N) is 4. The van der Waals surface area contributed by atoms with Crippen molar-refractivity contribution in [1.82, 2.24) is 9.97 Å². The van der Waals surface area contributed by atoms with Crippen molar-refractivity contribution in [3.8, 4) is 5.75 Å². The molecule has 37 heavy (non-hydrogen) atoms. The van der Waals surface area contributed by atoms with Crippen LogP contribution in [0.3, 0.4) is 0 Å². The maximum absolute atomic E-state index is 13.5. The second-order valence-corrected chi connectivity index (χ2v) is 8.72. The highest BCUT2D eigenvalue weighted by Crippen LogP contribution is 2.44. The molecule has 0 bridgehead atoms. The molecule has 0 saturated carbocycles. The minimum atomic E-state index is -2.88. The van der Waals surface area contributed by atoms with Crippen molar-refractivity contribution < 1.29 is 23.5 Å². The number of carbonyl (C=O) groups is 2. The van der Waals surface area contributed by atoms with Crippen LogP contribution in [-0.2, 0) is 11.3 Å². The number of urea groups is 1. The topological polar surface area (TPSA) is 111 Å². The molecule has 0 fully saturated rings. The highest BCUT2D eigenvalue weighted by molar-refractivity contribution is 6.41. The van der Waals surface area contributed by atoms with E-state index in [9.17, 15) is 23.5 Å². The molecule has 3 aromatic rings. The molecule has 4 rings (SSSR count). The molecule has 9 nitrogen and oxygen atoms in total. The summed E-state index contributed by atoms with van der Waals surface area (Å²) in [6, 6.07) is 7.18. The first kappa shape index (κ1) is 26.1. The molecule has 0 saturated heterocycles. The molecule has 192 valence electrons. The Kier molecular flexibility index (Phi) is 7.46. The van der Waals surface area contributed by atoms with Gasteiger partial charge in [0, 0.05) is 11.8 Å². The van der Waals surface area contributed by atoms with Crippen molar-refractivity contribution in [2.24, 2.45) is 0 Å². The first-order valence-corrected chi connectivity index (χ1v) is 11.6. The lowest BCUT2D eigenvalue weighted by molar-refractivity contribution is -0.111. The summed E-state index contributed by atoms with van der Waals surface area (Å²) in [6.45, 7) is 3.93. The van der Waals surface area contributed by atoms with Crippen LogP contribution < -0.4 is 20.4 Å². The van der Waals surface area contributed by atoms with Gasteiger partial charge in [0.1, 0.15) is 16.6 Å². The Balaban J connectivity index is 1.74. The average molecular weight is 549 g/mol. The zero-order valence-electron chi connectivity index (χ0n) is 19.3. The number of phenolic OH excluding ortho intramolecular Hbond substituents is 1. The number of rotatable bonds is 7. The van der Waals surface area contributed by atoms with E-state index in [0.717, 1.165) is 15.9 Å². The van der Waals surface area contributed by atoms with Crippen LogP contribution in [0.2, 0.25) is 10.0 Å². The van der Waals surface area contributed by atoms with E-state index < -0.39 is 24.9 Å². The van der Waals surface area contributed by atoms with Gasteiger partial charge in [0.05, 0.1) is 35.2 Å². The number of anilines is 5. The average Bonchev–Trinajstić information content (AvgIpc) is 2.86. The number of benzene rings is 2. The summed E-state index contributed by atoms with van der Waals surface area (Å²) in [5.41, 5.74) is 1.60. The quantitative estimate of drug-likeness (QED) is 0.318. The summed E-state index contributed by atoms with van der Waals surface area (Å²) >= 11 is 12.6. The van der Waals surface area contributed by atoms with Crippen molar-refractivity contribution in [1.29, 1.82) is 0 Å². The molecule has 0 spiro atoms. The molecule has 1 aliphatic rings. The van der Waals surface area contributed by atoms with Gasteiger partial charge in [-0.25, -0.2) is 18.6 Å². The van der Waals surface area contributed by atoms with Crippen LogP contribution in [-0.4, -0.2) is 40.0 Å². The number of phenols is 1. The summed E-state index contributed by atoms with van der Waals surface area (Å²) in [4.78, 5) is 35.6. The number of amides is 3. The van der Waals surface area contributed by atoms with Crippen molar-refractivity contribution >= 4 is 64.0 Å². The molecule has 0 aliphatic carbocycles. The molecule has 2 aromatic carbocycles. The molecule has 2 heterocycles. The van der Waals surface area contributed by atoms with E-state index in [1.54, 1.807) is 31.2 Å². The van der Waals surface area contributed by atoms with Gasteiger partial charge in [-0.1, -0.05) is 41.9 Å². The normalized spacial score (nSPS) is 13.0. The van der Waals surface area contributed by atoms with Crippen LogP contribution in [0.4, 0.5) is 42.4 Å². The van der Waals surface area contributed by atoms with Gasteiger partial charge in [-0.05, 0) is 36.8 Å². The zero-order chi connectivity index (χ0) is 26.9. The maximum Gasteiger partial charge on any atom is 0.330 e. The van der Waals surface area contributed by atoms with Crippen LogP contribution in [0.1, 0.15) is 11.1 Å². The maximum atomic E-state index is 13.5. The van der Waals surface area contributed by atoms with Crippen molar-refractivity contribution in [2.45, 2.75) is 19.9 Å². The molecule has 3 amide bonds. The molecule has 13 heteroatoms. The number of aromatic hydroxyl groups is 1. The summed E-state index contributed by atoms with van der Waals surface area (Å²) in [6.07, 6.45) is -0.390. The van der Waals surface area contributed by atoms with Gasteiger partial charge in [-0.3, -0.25) is 14.6 Å². The molecular weight excluding hydrogens is 529 g/mol. The van der Waals surface area contributed by atoms with Crippen molar-refractivity contribution in [2.75, 3.05) is 27.0 Å². The first-order valence-electron chi connectivity index (χ1n) is 10.8. The fourth-order valence-corrected chi connectivity index (χ4v) is 4.28. The van der Waals surface area contributed by atoms with Crippen LogP contribution in [0.25, 0.3) is 0 Å². The van der Waals surface area contributed by atoms with E-state index in [1.807, 2.05) is 0 Å². The number of carbonyl (C=O) groups excluding carboxylic acids is 2. The Morgan fingerprint density at radius 3 is 2.65 bits per heavy atom. The number of para-hydroxylation sites is 2. The Hall–Kier alpha value is -3.96. The summed E-state index contributed by atoms with van der Waals surface area (Å²) in [7, 11) is 0. The minimum Gasteiger partial charge on any atom is -0.506 e. The molecule has 3 N–H and O–H groups in total. The Morgan fingerprint density at radius 2 is 1.97 bits per heavy atom. The molecule has 0 atom stereocenters. The van der Waals surface area contributed by atoms with Crippen LogP contribution >= 0.6 is 23.2 Å². The number of fused-ring (bicyclic) bond motifs is 1. The van der Waals surface area contributed by atoms with Crippen molar-refractivity contribution in [3.05, 3.63) is 70.4 Å². The van der Waals surface area contributed by atoms with E-state index in [2.05, 4.69) is 27.2 Å². The van der Waals surface area contributed by atoms with E-state index in [4.69, 9.17) is 23.2 Å². The third kappa shape index (κ3) is 5.27. The molecule has 0 unspecified atom stereocenters. The molecule has 1 aliphatic heterocycles. The Labute approximate surface area is 220 Å². The van der Waals surface area contributed by atoms with Gasteiger partial charge in [0.15, 0.2) is 0 Å². The lowest BCUT2D eigenvalue weighted by Gasteiger charge is -2.36. The molecule has 0 radical (unpaired) electrons. The first-order chi connectivity index (χ1) is 17.6. The van der Waals surface area contributed by atoms with E-state index in [0.29, 0.717) is 22.5 Å². The summed E-state index contributed by atoms with van der Waals surface area (Å²) < 4.78 is 27.1. The predicted octanol–water partition coefficient (Wildman–Crippen LogP) is 5.88.